The summed E-state index contributed by atoms with van der Waals surface area (Å²) >= 11 is 0. The Bertz CT molecular complexity index is 643. The average Bonchev–Trinajstić information content (AvgIpc) is 2.85. The Morgan fingerprint density at radius 2 is 1.80 bits per heavy atom. The van der Waals surface area contributed by atoms with Gasteiger partial charge in [0.2, 0.25) is 0 Å². The molecule has 3 amide bonds. The van der Waals surface area contributed by atoms with Crippen molar-refractivity contribution in [2.45, 2.75) is 32.2 Å². The lowest BCUT2D eigenvalue weighted by atomic mass is 9.93. The molecule has 0 unspecified atom stereocenters. The van der Waals surface area contributed by atoms with Gasteiger partial charge in [-0.25, -0.2) is 9.18 Å². The lowest BCUT2D eigenvalue weighted by Crippen LogP contribution is -2.46. The van der Waals surface area contributed by atoms with Gasteiger partial charge in [-0.3, -0.25) is 14.5 Å². The number of halogens is 1. The first-order valence-electron chi connectivity index (χ1n) is 8.10. The van der Waals surface area contributed by atoms with Gasteiger partial charge in [-0.2, -0.15) is 0 Å². The van der Waals surface area contributed by atoms with E-state index in [-0.39, 0.29) is 19.0 Å². The van der Waals surface area contributed by atoms with Crippen LogP contribution in [0.15, 0.2) is 24.3 Å². The second-order valence-corrected chi connectivity index (χ2v) is 5.63. The number of carbonyl (C=O) groups is 3. The third-order valence-electron chi connectivity index (χ3n) is 4.17. The second-order valence-electron chi connectivity index (χ2n) is 5.63. The highest BCUT2D eigenvalue weighted by atomic mass is 19.1. The van der Waals surface area contributed by atoms with Gasteiger partial charge in [0.15, 0.2) is 0 Å². The zero-order valence-electron chi connectivity index (χ0n) is 14.2. The third-order valence-corrected chi connectivity index (χ3v) is 4.17. The Balaban J connectivity index is 1.77. The van der Waals surface area contributed by atoms with Gasteiger partial charge in [-0.1, -0.05) is 13.8 Å². The zero-order chi connectivity index (χ0) is 18.4. The number of nitrogens with zero attached hydrogens (tertiary/aromatic N) is 1. The lowest BCUT2D eigenvalue weighted by molar-refractivity contribution is -0.148. The fraction of sp³-hybridized carbons (Fsp3) is 0.471. The molecule has 0 aliphatic carbocycles. The van der Waals surface area contributed by atoms with Gasteiger partial charge in [-0.05, 0) is 37.1 Å². The van der Waals surface area contributed by atoms with E-state index in [4.69, 9.17) is 9.47 Å². The van der Waals surface area contributed by atoms with Crippen molar-refractivity contribution < 1.29 is 28.2 Å². The number of hydrogen-bond acceptors (Lipinski definition) is 5. The topological polar surface area (TPSA) is 84.9 Å². The number of benzene rings is 1. The molecule has 0 spiro atoms. The second kappa shape index (κ2) is 7.96. The van der Waals surface area contributed by atoms with Crippen LogP contribution in [-0.2, 0) is 14.3 Å². The van der Waals surface area contributed by atoms with Gasteiger partial charge in [0.1, 0.15) is 36.9 Å². The Morgan fingerprint density at radius 3 is 2.36 bits per heavy atom. The minimum atomic E-state index is -0.941. The molecule has 1 aliphatic heterocycles. The first-order valence-corrected chi connectivity index (χ1v) is 8.10. The lowest BCUT2D eigenvalue weighted by Gasteiger charge is -2.22. The molecule has 1 fully saturated rings. The van der Waals surface area contributed by atoms with E-state index in [1.165, 1.54) is 24.3 Å². The van der Waals surface area contributed by atoms with E-state index in [9.17, 15) is 18.8 Å². The highest BCUT2D eigenvalue weighted by Gasteiger charge is 2.49. The third kappa shape index (κ3) is 4.26. The van der Waals surface area contributed by atoms with Crippen molar-refractivity contribution in [3.63, 3.8) is 0 Å². The summed E-state index contributed by atoms with van der Waals surface area (Å²) < 4.78 is 23.0. The summed E-state index contributed by atoms with van der Waals surface area (Å²) in [6.07, 6.45) is 0.899. The molecule has 8 heteroatoms. The van der Waals surface area contributed by atoms with Crippen LogP contribution in [-0.4, -0.2) is 48.1 Å². The van der Waals surface area contributed by atoms with Crippen LogP contribution in [0.1, 0.15) is 26.7 Å². The molecule has 1 aliphatic rings. The number of urea groups is 1. The normalized spacial score (nSPS) is 15.9. The quantitative estimate of drug-likeness (QED) is 0.438. The number of imide groups is 1. The van der Waals surface area contributed by atoms with Crippen LogP contribution in [0.2, 0.25) is 0 Å². The highest BCUT2D eigenvalue weighted by molar-refractivity contribution is 6.08. The average molecular weight is 352 g/mol. The van der Waals surface area contributed by atoms with Crippen molar-refractivity contribution in [3.05, 3.63) is 30.1 Å². The summed E-state index contributed by atoms with van der Waals surface area (Å²) in [6, 6.07) is 4.84. The molecule has 0 aromatic heterocycles. The SMILES string of the molecule is CCC1(CC)NC(=O)N(CC(=O)OCCOc2ccc(F)cc2)C1=O. The Kier molecular flexibility index (Phi) is 5.95. The van der Waals surface area contributed by atoms with Gasteiger partial charge >= 0.3 is 12.0 Å². The maximum absolute atomic E-state index is 12.8. The Labute approximate surface area is 145 Å². The molecule has 0 bridgehead atoms. The van der Waals surface area contributed by atoms with Gasteiger partial charge < -0.3 is 14.8 Å². The van der Waals surface area contributed by atoms with Crippen LogP contribution in [0.25, 0.3) is 0 Å². The van der Waals surface area contributed by atoms with Crippen LogP contribution >= 0.6 is 0 Å². The minimum Gasteiger partial charge on any atom is -0.490 e. The van der Waals surface area contributed by atoms with Gasteiger partial charge in [0.25, 0.3) is 5.91 Å². The summed E-state index contributed by atoms with van der Waals surface area (Å²) in [4.78, 5) is 37.0. The summed E-state index contributed by atoms with van der Waals surface area (Å²) in [5.41, 5.74) is -0.941. The molecule has 2 rings (SSSR count). The molecule has 7 nitrogen and oxygen atoms in total. The van der Waals surface area contributed by atoms with Crippen molar-refractivity contribution in [3.8, 4) is 5.75 Å². The first-order chi connectivity index (χ1) is 11.9. The number of hydrogen-bond donors (Lipinski definition) is 1. The summed E-state index contributed by atoms with van der Waals surface area (Å²) in [5.74, 6) is -1.04. The van der Waals surface area contributed by atoms with Crippen molar-refractivity contribution >= 4 is 17.9 Å². The molecular weight excluding hydrogens is 331 g/mol. The van der Waals surface area contributed by atoms with E-state index >= 15 is 0 Å². The number of amides is 3. The van der Waals surface area contributed by atoms with Crippen LogP contribution in [0.5, 0.6) is 5.75 Å². The molecule has 1 saturated heterocycles. The van der Waals surface area contributed by atoms with E-state index in [1.54, 1.807) is 13.8 Å². The summed E-state index contributed by atoms with van der Waals surface area (Å²) in [5, 5.41) is 2.64. The standard InChI is InChI=1S/C17H21FN2O5/c1-3-17(4-2)15(22)20(16(23)19-17)11-14(21)25-10-9-24-13-7-5-12(18)6-8-13/h5-8H,3-4,9-11H2,1-2H3,(H,19,23). The molecule has 1 aromatic rings. The Morgan fingerprint density at radius 1 is 1.16 bits per heavy atom. The molecule has 0 atom stereocenters. The molecule has 25 heavy (non-hydrogen) atoms. The smallest absolute Gasteiger partial charge is 0.326 e. The van der Waals surface area contributed by atoms with Crippen molar-refractivity contribution in [1.82, 2.24) is 10.2 Å². The van der Waals surface area contributed by atoms with Crippen LogP contribution in [0.3, 0.4) is 0 Å². The van der Waals surface area contributed by atoms with E-state index in [0.717, 1.165) is 4.90 Å². The summed E-state index contributed by atoms with van der Waals surface area (Å²) in [7, 11) is 0. The maximum Gasteiger partial charge on any atom is 0.326 e. The number of esters is 1. The van der Waals surface area contributed by atoms with Crippen molar-refractivity contribution in [2.24, 2.45) is 0 Å². The molecule has 0 radical (unpaired) electrons. The van der Waals surface area contributed by atoms with Gasteiger partial charge in [-0.15, -0.1) is 0 Å². The van der Waals surface area contributed by atoms with E-state index in [1.807, 2.05) is 0 Å². The van der Waals surface area contributed by atoms with Gasteiger partial charge in [0.05, 0.1) is 0 Å². The summed E-state index contributed by atoms with van der Waals surface area (Å²) in [6.45, 7) is 3.19. The van der Waals surface area contributed by atoms with Crippen molar-refractivity contribution in [2.75, 3.05) is 19.8 Å². The first kappa shape index (κ1) is 18.7. The molecule has 1 aromatic carbocycles. The molecule has 136 valence electrons. The number of ether oxygens (including phenoxy) is 2. The Hall–Kier alpha value is -2.64. The highest BCUT2D eigenvalue weighted by Crippen LogP contribution is 2.24. The monoisotopic (exact) mass is 352 g/mol. The van der Waals surface area contributed by atoms with Crippen LogP contribution < -0.4 is 10.1 Å². The maximum atomic E-state index is 12.8. The van der Waals surface area contributed by atoms with Crippen molar-refractivity contribution in [1.29, 1.82) is 0 Å². The van der Waals surface area contributed by atoms with Crippen LogP contribution in [0, 0.1) is 5.82 Å². The predicted molar refractivity (Wildman–Crippen MR) is 86.4 cm³/mol. The fourth-order valence-corrected chi connectivity index (χ4v) is 2.57. The minimum absolute atomic E-state index is 0.0490. The number of carbonyl (C=O) groups excluding carboxylic acids is 3. The fourth-order valence-electron chi connectivity index (χ4n) is 2.57. The molecule has 1 heterocycles. The largest absolute Gasteiger partial charge is 0.490 e. The number of nitrogens with one attached hydrogen (secondary N) is 1. The van der Waals surface area contributed by atoms with E-state index < -0.39 is 30.0 Å². The van der Waals surface area contributed by atoms with Gasteiger partial charge in [0, 0.05) is 0 Å². The van der Waals surface area contributed by atoms with E-state index in [0.29, 0.717) is 18.6 Å². The molecular formula is C17H21FN2O5. The van der Waals surface area contributed by atoms with E-state index in [2.05, 4.69) is 5.32 Å². The zero-order valence-corrected chi connectivity index (χ0v) is 14.2. The predicted octanol–water partition coefficient (Wildman–Crippen LogP) is 1.86. The molecule has 1 N–H and O–H groups in total. The molecule has 0 saturated carbocycles. The number of rotatable bonds is 8. The van der Waals surface area contributed by atoms with Crippen LogP contribution in [0.4, 0.5) is 9.18 Å².